The molecule has 16 nitrogen and oxygen atoms in total. The van der Waals surface area contributed by atoms with Crippen molar-refractivity contribution in [1.29, 1.82) is 0 Å². The molecule has 0 spiro atoms. The lowest BCUT2D eigenvalue weighted by molar-refractivity contribution is -0.137. The van der Waals surface area contributed by atoms with Crippen LogP contribution in [0, 0.1) is 5.82 Å². The smallest absolute Gasteiger partial charge is 0.255 e. The molecule has 0 radical (unpaired) electrons. The number of hydrogen-bond donors (Lipinski definition) is 4. The molecule has 2 fully saturated rings. The lowest BCUT2D eigenvalue weighted by Crippen LogP contribution is -2.52. The van der Waals surface area contributed by atoms with Gasteiger partial charge in [-0.3, -0.25) is 29.2 Å². The summed E-state index contributed by atoms with van der Waals surface area (Å²) < 4.78 is 28.6. The van der Waals surface area contributed by atoms with Gasteiger partial charge in [0.05, 0.1) is 16.8 Å². The number of imide groups is 1. The number of hydrogen-bond acceptors (Lipinski definition) is 13. The van der Waals surface area contributed by atoms with Gasteiger partial charge in [-0.05, 0) is 106 Å². The van der Waals surface area contributed by atoms with Crippen LogP contribution in [0.15, 0.2) is 72.4 Å². The van der Waals surface area contributed by atoms with Gasteiger partial charge in [0.2, 0.25) is 17.7 Å². The van der Waals surface area contributed by atoms with Crippen LogP contribution in [0.5, 0.6) is 5.75 Å². The predicted octanol–water partition coefficient (Wildman–Crippen LogP) is 6.73. The molecular formula is C46H52ClFN10O6S. The first-order chi connectivity index (χ1) is 31.6. The summed E-state index contributed by atoms with van der Waals surface area (Å²) >= 11 is 7.54. The van der Waals surface area contributed by atoms with Crippen molar-refractivity contribution in [3.05, 3.63) is 106 Å². The first-order valence-corrected chi connectivity index (χ1v) is 23.4. The second-order valence-electron chi connectivity index (χ2n) is 16.7. The van der Waals surface area contributed by atoms with Gasteiger partial charge in [-0.2, -0.15) is 0 Å². The number of amides is 4. The third kappa shape index (κ3) is 11.7. The minimum atomic E-state index is -0.684. The maximum Gasteiger partial charge on any atom is 0.255 e. The maximum absolute atomic E-state index is 14.7. The average molecular weight is 928 g/mol. The van der Waals surface area contributed by atoms with Crippen LogP contribution < -0.4 is 26.0 Å². The van der Waals surface area contributed by atoms with Crippen molar-refractivity contribution in [3.63, 3.8) is 0 Å². The summed E-state index contributed by atoms with van der Waals surface area (Å²) in [7, 11) is 0. The van der Waals surface area contributed by atoms with Gasteiger partial charge in [-0.15, -0.1) is 16.4 Å². The molecule has 5 heterocycles. The van der Waals surface area contributed by atoms with Crippen molar-refractivity contribution in [2.75, 3.05) is 36.9 Å². The van der Waals surface area contributed by atoms with Crippen molar-refractivity contribution in [2.24, 2.45) is 0 Å². The van der Waals surface area contributed by atoms with Crippen LogP contribution in [0.3, 0.4) is 0 Å². The van der Waals surface area contributed by atoms with E-state index in [2.05, 4.69) is 37.7 Å². The Bertz CT molecular complexity index is 2460. The highest BCUT2D eigenvalue weighted by Crippen LogP contribution is 2.43. The molecule has 2 aromatic carbocycles. The number of anilines is 3. The van der Waals surface area contributed by atoms with Crippen molar-refractivity contribution >= 4 is 63.2 Å². The molecular weight excluding hydrogens is 875 g/mol. The number of fused-ring (bicyclic) bond motifs is 1. The number of ether oxygens (including phenoxy) is 2. The van der Waals surface area contributed by atoms with E-state index >= 15 is 0 Å². The summed E-state index contributed by atoms with van der Waals surface area (Å²) in [4.78, 5) is 60.2. The summed E-state index contributed by atoms with van der Waals surface area (Å²) in [6, 6.07) is 15.2. The molecule has 1 saturated carbocycles. The van der Waals surface area contributed by atoms with E-state index in [0.29, 0.717) is 69.8 Å². The lowest BCUT2D eigenvalue weighted by Gasteiger charge is -2.38. The standard InChI is InChI=1S/C46H52ClFN10O6S/c47-35-7-4-8-37(42(35)48)64-33-14-17-46(18-15-33,27-32-6-3-9-39(51-32)53-45-50-21-25-65-45)38-29-57(56-55-38)22-1-2-23-63-24-5-19-49-20-16-41(60)52-31-10-11-34-30(26-31)28-58(44(34)62)36-12-13-40(59)54-43(36)61/h3-4,6-11,21,25-26,29,33,36,49H,1-2,5,12-20,22-24,27-28H2,(H,52,60)(H,50,51,53)(H,54,59,61)/t33-,36?,46-. The molecule has 4 amide bonds. The molecule has 3 aromatic heterocycles. The summed E-state index contributed by atoms with van der Waals surface area (Å²) in [5.74, 6) is -0.837. The highest BCUT2D eigenvalue weighted by molar-refractivity contribution is 7.13. The number of benzene rings is 2. The monoisotopic (exact) mass is 926 g/mol. The Balaban J connectivity index is 0.735. The SMILES string of the molecule is O=C1CCC(N2Cc3cc(NC(=O)CCNCCCOCCCCn4cc([C@]5(Cc6cccc(Nc7nccs7)n6)CC[C@@H](Oc6cccc(Cl)c6F)CC5)nn4)ccc3C2=O)C(=O)N1. The molecule has 2 aliphatic heterocycles. The van der Waals surface area contributed by atoms with Crippen molar-refractivity contribution in [2.45, 2.75) is 101 Å². The fraction of sp³-hybridized carbons (Fsp3) is 0.435. The van der Waals surface area contributed by atoms with Crippen LogP contribution in [0.2, 0.25) is 5.02 Å². The largest absolute Gasteiger partial charge is 0.487 e. The molecule has 19 heteroatoms. The first kappa shape index (κ1) is 45.7. The van der Waals surface area contributed by atoms with Crippen LogP contribution in [0.25, 0.3) is 0 Å². The molecule has 342 valence electrons. The van der Waals surface area contributed by atoms with Gasteiger partial charge >= 0.3 is 0 Å². The van der Waals surface area contributed by atoms with Crippen LogP contribution in [0.1, 0.15) is 91.5 Å². The van der Waals surface area contributed by atoms with E-state index in [1.54, 1.807) is 36.5 Å². The summed E-state index contributed by atoms with van der Waals surface area (Å²) in [5.41, 5.74) is 3.31. The number of halogens is 2. The van der Waals surface area contributed by atoms with Crippen molar-refractivity contribution in [3.8, 4) is 5.75 Å². The first-order valence-electron chi connectivity index (χ1n) is 22.1. The highest BCUT2D eigenvalue weighted by Gasteiger charge is 2.41. The number of nitrogens with zero attached hydrogens (tertiary/aromatic N) is 6. The van der Waals surface area contributed by atoms with Crippen LogP contribution in [-0.2, 0) is 44.0 Å². The van der Waals surface area contributed by atoms with E-state index in [4.69, 9.17) is 31.2 Å². The van der Waals surface area contributed by atoms with Crippen LogP contribution in [-0.4, -0.2) is 91.9 Å². The Morgan fingerprint density at radius 1 is 1.02 bits per heavy atom. The zero-order chi connectivity index (χ0) is 45.2. The molecule has 8 rings (SSSR count). The third-order valence-electron chi connectivity index (χ3n) is 12.1. The van der Waals surface area contributed by atoms with Gasteiger partial charge in [0.15, 0.2) is 16.7 Å². The van der Waals surface area contributed by atoms with Gasteiger partial charge in [0.25, 0.3) is 5.91 Å². The average Bonchev–Trinajstić information content (AvgIpc) is 4.07. The highest BCUT2D eigenvalue weighted by atomic mass is 35.5. The second-order valence-corrected chi connectivity index (χ2v) is 18.0. The normalized spacial score (nSPS) is 19.5. The van der Waals surface area contributed by atoms with E-state index in [-0.39, 0.29) is 59.4 Å². The van der Waals surface area contributed by atoms with E-state index in [1.165, 1.54) is 22.3 Å². The molecule has 0 bridgehead atoms. The quantitative estimate of drug-likeness (QED) is 0.0448. The number of piperidine rings is 1. The number of carbonyl (C=O) groups is 4. The van der Waals surface area contributed by atoms with Gasteiger partial charge in [0.1, 0.15) is 11.9 Å². The Kier molecular flexibility index (Phi) is 15.1. The molecule has 65 heavy (non-hydrogen) atoms. The number of unbranched alkanes of at least 4 members (excludes halogenated alkanes) is 1. The fourth-order valence-corrected chi connectivity index (χ4v) is 9.36. The van der Waals surface area contributed by atoms with E-state index in [0.717, 1.165) is 60.0 Å². The molecule has 4 N–H and O–H groups in total. The summed E-state index contributed by atoms with van der Waals surface area (Å²) in [6.45, 7) is 3.38. The van der Waals surface area contributed by atoms with Gasteiger partial charge < -0.3 is 30.3 Å². The Morgan fingerprint density at radius 2 is 1.86 bits per heavy atom. The summed E-state index contributed by atoms with van der Waals surface area (Å²) in [5, 5.41) is 23.7. The van der Waals surface area contributed by atoms with Crippen molar-refractivity contribution in [1.82, 2.24) is 40.5 Å². The van der Waals surface area contributed by atoms with E-state index in [9.17, 15) is 23.6 Å². The molecule has 1 saturated heterocycles. The fourth-order valence-electron chi connectivity index (χ4n) is 8.66. The van der Waals surface area contributed by atoms with Crippen LogP contribution >= 0.6 is 22.9 Å². The lowest BCUT2D eigenvalue weighted by atomic mass is 9.68. The van der Waals surface area contributed by atoms with E-state index < -0.39 is 17.8 Å². The van der Waals surface area contributed by atoms with Gasteiger partial charge in [0, 0.05) is 92.2 Å². The Labute approximate surface area is 385 Å². The number of carbonyl (C=O) groups excluding carboxylic acids is 4. The molecule has 5 aromatic rings. The minimum Gasteiger partial charge on any atom is -0.487 e. The predicted molar refractivity (Wildman–Crippen MR) is 243 cm³/mol. The topological polar surface area (TPSA) is 195 Å². The molecule has 1 atom stereocenters. The Morgan fingerprint density at radius 3 is 2.69 bits per heavy atom. The molecule has 3 aliphatic rings. The summed E-state index contributed by atoms with van der Waals surface area (Å²) in [6.07, 6.45) is 10.5. The molecule has 1 unspecified atom stereocenters. The number of aryl methyl sites for hydroxylation is 1. The van der Waals surface area contributed by atoms with Crippen LogP contribution in [0.4, 0.5) is 21.0 Å². The zero-order valence-electron chi connectivity index (χ0n) is 35.9. The number of thiazole rings is 1. The Hall–Kier alpha value is -5.82. The maximum atomic E-state index is 14.7. The third-order valence-corrected chi connectivity index (χ3v) is 13.1. The second kappa shape index (κ2) is 21.4. The van der Waals surface area contributed by atoms with Crippen molar-refractivity contribution < 1.29 is 33.0 Å². The number of nitrogens with one attached hydrogen (secondary N) is 4. The molecule has 1 aliphatic carbocycles. The number of pyridine rings is 1. The number of aromatic nitrogens is 5. The van der Waals surface area contributed by atoms with E-state index in [1.807, 2.05) is 28.3 Å². The van der Waals surface area contributed by atoms with Gasteiger partial charge in [-0.1, -0.05) is 28.9 Å². The van der Waals surface area contributed by atoms with Gasteiger partial charge in [-0.25, -0.2) is 14.4 Å². The zero-order valence-corrected chi connectivity index (χ0v) is 37.5. The minimum absolute atomic E-state index is 0.0399. The number of rotatable bonds is 21.